The van der Waals surface area contributed by atoms with Crippen LogP contribution in [0.4, 0.5) is 4.79 Å². The van der Waals surface area contributed by atoms with E-state index >= 15 is 0 Å². The maximum atomic E-state index is 11.6. The summed E-state index contributed by atoms with van der Waals surface area (Å²) in [5, 5.41) is 11.1. The third kappa shape index (κ3) is 4.89. The number of aliphatic hydroxyl groups excluding tert-OH is 1. The van der Waals surface area contributed by atoms with E-state index in [2.05, 4.69) is 17.2 Å². The molecule has 2 aromatic rings. The van der Waals surface area contributed by atoms with Gasteiger partial charge in [-0.25, -0.2) is 0 Å². The van der Waals surface area contributed by atoms with Crippen molar-refractivity contribution >= 4 is 28.5 Å². The van der Waals surface area contributed by atoms with E-state index in [1.54, 1.807) is 18.3 Å². The third-order valence-electron chi connectivity index (χ3n) is 4.22. The first-order chi connectivity index (χ1) is 13.1. The highest BCUT2D eigenvalue weighted by molar-refractivity contribution is 8.15. The van der Waals surface area contributed by atoms with Gasteiger partial charge in [0, 0.05) is 11.8 Å². The Labute approximate surface area is 161 Å². The quantitative estimate of drug-likeness (QED) is 0.710. The Morgan fingerprint density at radius 2 is 1.96 bits per heavy atom. The maximum absolute atomic E-state index is 11.6. The first-order valence-corrected chi connectivity index (χ1v) is 9.48. The molecule has 6 nitrogen and oxygen atoms in total. The molecular formula is C20H20N2O4S. The number of imide groups is 1. The van der Waals surface area contributed by atoms with Gasteiger partial charge in [-0.05, 0) is 42.2 Å². The van der Waals surface area contributed by atoms with E-state index < -0.39 is 0 Å². The molecule has 0 bridgehead atoms. The molecule has 0 spiro atoms. The number of aliphatic hydroxyl groups is 1. The van der Waals surface area contributed by atoms with Crippen molar-refractivity contribution in [1.82, 2.24) is 10.3 Å². The molecule has 1 fully saturated rings. The highest BCUT2D eigenvalue weighted by Crippen LogP contribution is 2.24. The number of hydrogen-bond donors (Lipinski definition) is 2. The molecule has 2 N–H and O–H groups in total. The summed E-state index contributed by atoms with van der Waals surface area (Å²) >= 11 is 1.02. The van der Waals surface area contributed by atoms with Crippen LogP contribution < -0.4 is 10.1 Å². The fraction of sp³-hybridized carbons (Fsp3) is 0.250. The standard InChI is InChI=1S/C20H20N2O4S/c1-2-13-5-8-17(21-10-13)15(11-23)12-26-16-6-3-14(4-7-16)9-18-19(24)22-20(25)27-18/h3-8,10-11,18,23H,2,9,12H2,1H3,(H,22,24,25)/b15-11+. The predicted molar refractivity (Wildman–Crippen MR) is 105 cm³/mol. The molecule has 2 amide bonds. The Morgan fingerprint density at radius 3 is 2.52 bits per heavy atom. The average Bonchev–Trinajstić information content (AvgIpc) is 3.01. The van der Waals surface area contributed by atoms with Crippen LogP contribution in [0.1, 0.15) is 23.7 Å². The fourth-order valence-electron chi connectivity index (χ4n) is 2.63. The Kier molecular flexibility index (Phi) is 6.13. The van der Waals surface area contributed by atoms with E-state index in [-0.39, 0.29) is 23.0 Å². The van der Waals surface area contributed by atoms with E-state index in [1.807, 2.05) is 24.3 Å². The topological polar surface area (TPSA) is 88.5 Å². The zero-order valence-electron chi connectivity index (χ0n) is 14.8. The van der Waals surface area contributed by atoms with Gasteiger partial charge in [0.2, 0.25) is 5.91 Å². The van der Waals surface area contributed by atoms with Gasteiger partial charge in [0.15, 0.2) is 0 Å². The van der Waals surface area contributed by atoms with E-state index in [4.69, 9.17) is 4.74 Å². The summed E-state index contributed by atoms with van der Waals surface area (Å²) in [7, 11) is 0. The lowest BCUT2D eigenvalue weighted by Crippen LogP contribution is -2.25. The van der Waals surface area contributed by atoms with Crippen LogP contribution in [0, 0.1) is 0 Å². The molecule has 0 aliphatic carbocycles. The molecule has 1 saturated heterocycles. The second-order valence-corrected chi connectivity index (χ2v) is 7.26. The van der Waals surface area contributed by atoms with Crippen LogP contribution in [-0.2, 0) is 17.6 Å². The van der Waals surface area contributed by atoms with E-state index in [1.165, 1.54) is 0 Å². The summed E-state index contributed by atoms with van der Waals surface area (Å²) in [5.41, 5.74) is 3.32. The smallest absolute Gasteiger partial charge is 0.286 e. The van der Waals surface area contributed by atoms with Gasteiger partial charge in [-0.15, -0.1) is 0 Å². The lowest BCUT2D eigenvalue weighted by atomic mass is 10.1. The summed E-state index contributed by atoms with van der Waals surface area (Å²) in [4.78, 5) is 27.2. The minimum Gasteiger partial charge on any atom is -0.515 e. The van der Waals surface area contributed by atoms with Crippen LogP contribution in [0.3, 0.4) is 0 Å². The molecule has 1 aromatic heterocycles. The molecule has 1 unspecified atom stereocenters. The highest BCUT2D eigenvalue weighted by Gasteiger charge is 2.31. The summed E-state index contributed by atoms with van der Waals surface area (Å²) in [5.74, 6) is 0.396. The zero-order valence-corrected chi connectivity index (χ0v) is 15.7. The number of pyridine rings is 1. The number of rotatable bonds is 7. The largest absolute Gasteiger partial charge is 0.515 e. The molecule has 1 atom stereocenters. The lowest BCUT2D eigenvalue weighted by Gasteiger charge is -2.10. The number of amides is 2. The number of hydrogen-bond acceptors (Lipinski definition) is 6. The molecule has 27 heavy (non-hydrogen) atoms. The van der Waals surface area contributed by atoms with Crippen LogP contribution in [0.15, 0.2) is 48.9 Å². The number of aryl methyl sites for hydroxylation is 1. The van der Waals surface area contributed by atoms with Crippen molar-refractivity contribution in [1.29, 1.82) is 0 Å². The number of nitrogens with zero attached hydrogens (tertiary/aromatic N) is 1. The van der Waals surface area contributed by atoms with Gasteiger partial charge in [-0.2, -0.15) is 0 Å². The number of carbonyl (C=O) groups excluding carboxylic acids is 2. The summed E-state index contributed by atoms with van der Waals surface area (Å²) in [6, 6.07) is 11.2. The highest BCUT2D eigenvalue weighted by atomic mass is 32.2. The molecule has 1 aliphatic heterocycles. The average molecular weight is 384 g/mol. The molecule has 7 heteroatoms. The molecule has 0 saturated carbocycles. The lowest BCUT2D eigenvalue weighted by molar-refractivity contribution is -0.118. The van der Waals surface area contributed by atoms with Gasteiger partial charge in [0.1, 0.15) is 12.4 Å². The van der Waals surface area contributed by atoms with Crippen LogP contribution in [0.5, 0.6) is 5.75 Å². The second-order valence-electron chi connectivity index (χ2n) is 6.08. The van der Waals surface area contributed by atoms with Crippen molar-refractivity contribution in [2.45, 2.75) is 25.0 Å². The van der Waals surface area contributed by atoms with E-state index in [0.29, 0.717) is 23.4 Å². The molecule has 2 heterocycles. The molecular weight excluding hydrogens is 364 g/mol. The maximum Gasteiger partial charge on any atom is 0.286 e. The number of carbonyl (C=O) groups is 2. The number of aromatic nitrogens is 1. The van der Waals surface area contributed by atoms with Crippen LogP contribution in [-0.4, -0.2) is 33.1 Å². The van der Waals surface area contributed by atoms with Crippen molar-refractivity contribution in [3.05, 3.63) is 65.7 Å². The second kappa shape index (κ2) is 8.73. The third-order valence-corrected chi connectivity index (χ3v) is 5.21. The molecule has 1 aromatic carbocycles. The number of thioether (sulfide) groups is 1. The summed E-state index contributed by atoms with van der Waals surface area (Å²) in [6.45, 7) is 2.24. The monoisotopic (exact) mass is 384 g/mol. The van der Waals surface area contributed by atoms with Crippen molar-refractivity contribution in [3.8, 4) is 5.75 Å². The molecule has 1 aliphatic rings. The summed E-state index contributed by atoms with van der Waals surface area (Å²) < 4.78 is 5.73. The Balaban J connectivity index is 1.57. The van der Waals surface area contributed by atoms with Crippen molar-refractivity contribution in [3.63, 3.8) is 0 Å². The van der Waals surface area contributed by atoms with Crippen molar-refractivity contribution in [2.75, 3.05) is 6.61 Å². The van der Waals surface area contributed by atoms with E-state index in [9.17, 15) is 14.7 Å². The summed E-state index contributed by atoms with van der Waals surface area (Å²) in [6.07, 6.45) is 4.19. The van der Waals surface area contributed by atoms with Gasteiger partial charge in [-0.1, -0.05) is 36.9 Å². The minimum atomic E-state index is -0.384. The Morgan fingerprint density at radius 1 is 1.22 bits per heavy atom. The SMILES string of the molecule is CCc1ccc(/C(=C/O)COc2ccc(CC3SC(=O)NC3=O)cc2)nc1. The number of benzene rings is 1. The van der Waals surface area contributed by atoms with Crippen molar-refractivity contribution in [2.24, 2.45) is 0 Å². The first kappa shape index (κ1) is 19.0. The van der Waals surface area contributed by atoms with E-state index in [0.717, 1.165) is 35.6 Å². The molecule has 0 radical (unpaired) electrons. The van der Waals surface area contributed by atoms with Crippen LogP contribution in [0.2, 0.25) is 0 Å². The minimum absolute atomic E-state index is 0.184. The first-order valence-electron chi connectivity index (χ1n) is 8.60. The Bertz CT molecular complexity index is 847. The fourth-order valence-corrected chi connectivity index (χ4v) is 3.49. The van der Waals surface area contributed by atoms with Crippen molar-refractivity contribution < 1.29 is 19.4 Å². The normalized spacial score (nSPS) is 17.1. The van der Waals surface area contributed by atoms with Gasteiger partial charge in [0.25, 0.3) is 5.24 Å². The number of ether oxygens (including phenoxy) is 1. The molecule has 3 rings (SSSR count). The predicted octanol–water partition coefficient (Wildman–Crippen LogP) is 3.52. The van der Waals surface area contributed by atoms with Gasteiger partial charge in [-0.3, -0.25) is 19.9 Å². The van der Waals surface area contributed by atoms with Gasteiger partial charge >= 0.3 is 0 Å². The molecule has 140 valence electrons. The zero-order chi connectivity index (χ0) is 19.2. The number of nitrogens with one attached hydrogen (secondary N) is 1. The Hall–Kier alpha value is -2.80. The van der Waals surface area contributed by atoms with Crippen LogP contribution in [0.25, 0.3) is 5.57 Å². The van der Waals surface area contributed by atoms with Gasteiger partial charge in [0.05, 0.1) is 17.2 Å². The van der Waals surface area contributed by atoms with Gasteiger partial charge < -0.3 is 9.84 Å². The van der Waals surface area contributed by atoms with Crippen LogP contribution >= 0.6 is 11.8 Å².